The fraction of sp³-hybridized carbons (Fsp3) is 0.632. The van der Waals surface area contributed by atoms with Crippen molar-refractivity contribution >= 4 is 27.5 Å². The topological polar surface area (TPSA) is 67.4 Å². The molecule has 0 aromatic carbocycles. The van der Waals surface area contributed by atoms with Crippen molar-refractivity contribution in [2.24, 2.45) is 0 Å². The lowest BCUT2D eigenvalue weighted by molar-refractivity contribution is 0.0374. The summed E-state index contributed by atoms with van der Waals surface area (Å²) in [6.45, 7) is 9.35. The predicted molar refractivity (Wildman–Crippen MR) is 103 cm³/mol. The number of carbonyl (C=O) groups is 1. The minimum Gasteiger partial charge on any atom is -0.379 e. The van der Waals surface area contributed by atoms with E-state index < -0.39 is 0 Å². The van der Waals surface area contributed by atoms with Crippen LogP contribution in [0.15, 0.2) is 0 Å². The van der Waals surface area contributed by atoms with Crippen molar-refractivity contribution in [2.45, 2.75) is 39.0 Å². The van der Waals surface area contributed by atoms with Gasteiger partial charge in [-0.3, -0.25) is 9.69 Å². The summed E-state index contributed by atoms with van der Waals surface area (Å²) in [5.74, 6) is 1.49. The van der Waals surface area contributed by atoms with E-state index in [4.69, 9.17) is 9.72 Å². The van der Waals surface area contributed by atoms with Crippen LogP contribution in [0.3, 0.4) is 0 Å². The van der Waals surface area contributed by atoms with Crippen molar-refractivity contribution in [3.05, 3.63) is 22.0 Å². The van der Waals surface area contributed by atoms with Crippen LogP contribution in [0.5, 0.6) is 0 Å². The molecule has 2 aromatic heterocycles. The molecule has 140 valence electrons. The van der Waals surface area contributed by atoms with Crippen LogP contribution in [0.2, 0.25) is 0 Å². The van der Waals surface area contributed by atoms with Crippen molar-refractivity contribution in [3.8, 4) is 0 Å². The maximum Gasteiger partial charge on any atom is 0.261 e. The summed E-state index contributed by atoms with van der Waals surface area (Å²) in [5.41, 5.74) is 2.01. The number of ether oxygens (including phenoxy) is 1. The average Bonchev–Trinajstić information content (AvgIpc) is 3.43. The second-order valence-corrected chi connectivity index (χ2v) is 8.24. The van der Waals surface area contributed by atoms with Crippen molar-refractivity contribution in [3.63, 3.8) is 0 Å². The standard InChI is InChI=1S/C19H26N4O2S/c1-12-15-13(2)21-17(14-4-5-14)22-19(15)26-16(12)18(24)20-6-3-7-23-8-10-25-11-9-23/h14H,3-11H2,1-2H3,(H,20,24). The quantitative estimate of drug-likeness (QED) is 0.788. The molecule has 0 spiro atoms. The van der Waals surface area contributed by atoms with E-state index in [2.05, 4.69) is 15.2 Å². The number of morpholine rings is 1. The summed E-state index contributed by atoms with van der Waals surface area (Å²) >= 11 is 1.50. The Bertz CT molecular complexity index is 809. The number of hydrogen-bond donors (Lipinski definition) is 1. The van der Waals surface area contributed by atoms with Gasteiger partial charge in [0, 0.05) is 30.9 Å². The second kappa shape index (κ2) is 7.58. The molecule has 7 heteroatoms. The van der Waals surface area contributed by atoms with Crippen molar-refractivity contribution in [2.75, 3.05) is 39.4 Å². The number of thiophene rings is 1. The smallest absolute Gasteiger partial charge is 0.261 e. The number of hydrogen-bond acceptors (Lipinski definition) is 6. The zero-order valence-electron chi connectivity index (χ0n) is 15.5. The third-order valence-electron chi connectivity index (χ3n) is 5.18. The van der Waals surface area contributed by atoms with Gasteiger partial charge in [0.2, 0.25) is 0 Å². The van der Waals surface area contributed by atoms with Crippen LogP contribution < -0.4 is 5.32 Å². The molecule has 1 N–H and O–H groups in total. The van der Waals surface area contributed by atoms with E-state index in [1.807, 2.05) is 13.8 Å². The van der Waals surface area contributed by atoms with Crippen LogP contribution in [-0.4, -0.2) is 60.2 Å². The van der Waals surface area contributed by atoms with E-state index in [1.54, 1.807) is 0 Å². The molecule has 3 heterocycles. The van der Waals surface area contributed by atoms with Gasteiger partial charge in [-0.1, -0.05) is 0 Å². The van der Waals surface area contributed by atoms with Crippen LogP contribution >= 0.6 is 11.3 Å². The zero-order valence-corrected chi connectivity index (χ0v) is 16.3. The Labute approximate surface area is 158 Å². The molecule has 2 aliphatic rings. The van der Waals surface area contributed by atoms with Gasteiger partial charge >= 0.3 is 0 Å². The van der Waals surface area contributed by atoms with Crippen molar-refractivity contribution in [1.29, 1.82) is 0 Å². The zero-order chi connectivity index (χ0) is 18.1. The predicted octanol–water partition coefficient (Wildman–Crippen LogP) is 2.64. The molecule has 0 unspecified atom stereocenters. The Kier molecular flexibility index (Phi) is 5.20. The first-order valence-electron chi connectivity index (χ1n) is 9.49. The van der Waals surface area contributed by atoms with E-state index in [0.717, 1.165) is 71.4 Å². The molecule has 1 amide bonds. The average molecular weight is 375 g/mol. The minimum absolute atomic E-state index is 0.0137. The number of fused-ring (bicyclic) bond motifs is 1. The van der Waals surface area contributed by atoms with E-state index in [1.165, 1.54) is 24.2 Å². The Balaban J connectivity index is 1.39. The molecule has 0 radical (unpaired) electrons. The molecule has 2 aromatic rings. The van der Waals surface area contributed by atoms with Gasteiger partial charge in [0.25, 0.3) is 5.91 Å². The molecule has 6 nitrogen and oxygen atoms in total. The van der Waals surface area contributed by atoms with Gasteiger partial charge in [-0.2, -0.15) is 0 Å². The first-order chi connectivity index (χ1) is 12.6. The lowest BCUT2D eigenvalue weighted by Gasteiger charge is -2.26. The molecule has 0 atom stereocenters. The van der Waals surface area contributed by atoms with Crippen molar-refractivity contribution in [1.82, 2.24) is 20.2 Å². The number of aryl methyl sites for hydroxylation is 2. The molecule has 1 aliphatic carbocycles. The van der Waals surface area contributed by atoms with Crippen LogP contribution in [0.1, 0.15) is 51.9 Å². The monoisotopic (exact) mass is 374 g/mol. The van der Waals surface area contributed by atoms with E-state index in [-0.39, 0.29) is 5.91 Å². The fourth-order valence-electron chi connectivity index (χ4n) is 3.51. The molecule has 4 rings (SSSR count). The Morgan fingerprint density at radius 3 is 2.77 bits per heavy atom. The summed E-state index contributed by atoms with van der Waals surface area (Å²) in [5, 5.41) is 4.13. The van der Waals surface area contributed by atoms with Crippen molar-refractivity contribution < 1.29 is 9.53 Å². The van der Waals surface area contributed by atoms with Gasteiger partial charge in [-0.25, -0.2) is 9.97 Å². The van der Waals surface area contributed by atoms with Gasteiger partial charge in [-0.15, -0.1) is 11.3 Å². The molecule has 2 fully saturated rings. The molecular weight excluding hydrogens is 348 g/mol. The summed E-state index contributed by atoms with van der Waals surface area (Å²) in [4.78, 5) is 26.2. The van der Waals surface area contributed by atoms with Crippen LogP contribution in [-0.2, 0) is 4.74 Å². The number of rotatable bonds is 6. The minimum atomic E-state index is 0.0137. The molecule has 0 bridgehead atoms. The molecule has 1 saturated heterocycles. The second-order valence-electron chi connectivity index (χ2n) is 7.24. The number of amides is 1. The first kappa shape index (κ1) is 17.8. The highest BCUT2D eigenvalue weighted by molar-refractivity contribution is 7.20. The normalized spacial score (nSPS) is 18.4. The lowest BCUT2D eigenvalue weighted by atomic mass is 10.1. The summed E-state index contributed by atoms with van der Waals surface area (Å²) in [6.07, 6.45) is 3.33. The van der Waals surface area contributed by atoms with Crippen LogP contribution in [0.4, 0.5) is 0 Å². The number of nitrogens with one attached hydrogen (secondary N) is 1. The maximum absolute atomic E-state index is 12.6. The largest absolute Gasteiger partial charge is 0.379 e. The highest BCUT2D eigenvalue weighted by Crippen LogP contribution is 2.40. The Morgan fingerprint density at radius 2 is 2.04 bits per heavy atom. The molecule has 1 aliphatic heterocycles. The maximum atomic E-state index is 12.6. The van der Waals surface area contributed by atoms with Gasteiger partial charge in [-0.05, 0) is 45.2 Å². The van der Waals surface area contributed by atoms with Crippen LogP contribution in [0, 0.1) is 13.8 Å². The molecule has 1 saturated carbocycles. The van der Waals surface area contributed by atoms with E-state index in [0.29, 0.717) is 12.5 Å². The summed E-state index contributed by atoms with van der Waals surface area (Å²) < 4.78 is 5.36. The van der Waals surface area contributed by atoms with Gasteiger partial charge < -0.3 is 10.1 Å². The highest BCUT2D eigenvalue weighted by atomic mass is 32.1. The third kappa shape index (κ3) is 3.75. The van der Waals surface area contributed by atoms with Gasteiger partial charge in [0.1, 0.15) is 10.7 Å². The number of carbonyl (C=O) groups excluding carboxylic acids is 1. The van der Waals surface area contributed by atoms with Crippen LogP contribution in [0.25, 0.3) is 10.2 Å². The fourth-order valence-corrected chi connectivity index (χ4v) is 4.67. The van der Waals surface area contributed by atoms with E-state index >= 15 is 0 Å². The summed E-state index contributed by atoms with van der Waals surface area (Å²) in [6, 6.07) is 0. The number of aromatic nitrogens is 2. The van der Waals surface area contributed by atoms with E-state index in [9.17, 15) is 4.79 Å². The Morgan fingerprint density at radius 1 is 1.27 bits per heavy atom. The molecule has 26 heavy (non-hydrogen) atoms. The first-order valence-corrected chi connectivity index (χ1v) is 10.3. The SMILES string of the molecule is Cc1nc(C2CC2)nc2sc(C(=O)NCCCN3CCOCC3)c(C)c12. The molecular formula is C19H26N4O2S. The highest BCUT2D eigenvalue weighted by Gasteiger charge is 2.28. The van der Waals surface area contributed by atoms with Gasteiger partial charge in [0.15, 0.2) is 0 Å². The lowest BCUT2D eigenvalue weighted by Crippen LogP contribution is -2.38. The van der Waals surface area contributed by atoms with Gasteiger partial charge in [0.05, 0.1) is 23.8 Å². The summed E-state index contributed by atoms with van der Waals surface area (Å²) in [7, 11) is 0. The third-order valence-corrected chi connectivity index (χ3v) is 6.36. The Hall–Kier alpha value is -1.57. The number of nitrogens with zero attached hydrogens (tertiary/aromatic N) is 3.